The molecule has 0 fully saturated rings. The number of carboxylic acid groups (broad SMARTS) is 1. The first-order valence-electron chi connectivity index (χ1n) is 3.16. The van der Waals surface area contributed by atoms with E-state index < -0.39 is 12.0 Å². The number of nitrogens with one attached hydrogen (secondary N) is 1. The number of imidazole rings is 1. The number of carbonyl (C=O) groups is 1. The van der Waals surface area contributed by atoms with Gasteiger partial charge in [-0.05, 0) is 0 Å². The topological polar surface area (TPSA) is 92.0 Å². The van der Waals surface area contributed by atoms with Crippen LogP contribution in [0.4, 0.5) is 0 Å². The fourth-order valence-electron chi connectivity index (χ4n) is 0.721. The van der Waals surface area contributed by atoms with Gasteiger partial charge in [0, 0.05) is 18.3 Å². The molecule has 60 valence electrons. The summed E-state index contributed by atoms with van der Waals surface area (Å²) in [5, 5.41) is 8.42. The molecule has 0 saturated carbocycles. The van der Waals surface area contributed by atoms with Gasteiger partial charge in [-0.25, -0.2) is 4.98 Å². The highest BCUT2D eigenvalue weighted by Gasteiger charge is 2.11. The largest absolute Gasteiger partial charge is 0.480 e. The summed E-state index contributed by atoms with van der Waals surface area (Å²) in [6.07, 6.45) is 3.34. The van der Waals surface area contributed by atoms with Crippen LogP contribution in [0, 0.1) is 0 Å². The van der Waals surface area contributed by atoms with E-state index in [1.165, 1.54) is 6.33 Å². The summed E-state index contributed by atoms with van der Waals surface area (Å²) >= 11 is 0. The number of aliphatic carboxylic acids is 1. The van der Waals surface area contributed by atoms with Crippen LogP contribution in [-0.4, -0.2) is 27.1 Å². The van der Waals surface area contributed by atoms with Crippen LogP contribution in [0.1, 0.15) is 5.69 Å². The Hall–Kier alpha value is -1.36. The van der Waals surface area contributed by atoms with Gasteiger partial charge in [0.05, 0.1) is 6.33 Å². The van der Waals surface area contributed by atoms with Gasteiger partial charge < -0.3 is 15.8 Å². The second kappa shape index (κ2) is 3.16. The molecule has 1 aromatic heterocycles. The molecule has 5 nitrogen and oxygen atoms in total. The Morgan fingerprint density at radius 1 is 1.91 bits per heavy atom. The first-order chi connectivity index (χ1) is 5.20. The number of nitrogens with two attached hydrogens (primary N) is 1. The summed E-state index contributed by atoms with van der Waals surface area (Å²) in [6, 6.07) is -0.851. The molecule has 0 saturated heterocycles. The monoisotopic (exact) mass is 164 g/mol. The zero-order valence-corrected chi connectivity index (χ0v) is 5.82. The van der Waals surface area contributed by atoms with Crippen molar-refractivity contribution in [3.8, 4) is 0 Å². The van der Waals surface area contributed by atoms with Crippen LogP contribution in [0.5, 0.6) is 0 Å². The third-order valence-electron chi connectivity index (χ3n) is 1.31. The van der Waals surface area contributed by atoms with Crippen molar-refractivity contribution in [2.24, 2.45) is 5.73 Å². The Morgan fingerprint density at radius 3 is 3.09 bits per heavy atom. The molecule has 1 atom stereocenters. The number of hydrogen-bond donors (Lipinski definition) is 3. The summed E-state index contributed by atoms with van der Waals surface area (Å²) in [6.45, 7) is 0. The zero-order valence-electron chi connectivity index (χ0n) is 5.82. The zero-order chi connectivity index (χ0) is 8.27. The minimum Gasteiger partial charge on any atom is -0.480 e. The molecule has 4 N–H and O–H groups in total. The number of hydrogen-bond acceptors (Lipinski definition) is 3. The van der Waals surface area contributed by atoms with Crippen LogP contribution in [0.25, 0.3) is 0 Å². The second-order valence-electron chi connectivity index (χ2n) is 2.23. The maximum Gasteiger partial charge on any atom is 0.320 e. The van der Waals surface area contributed by atoms with Crippen molar-refractivity contribution in [3.05, 3.63) is 18.2 Å². The number of aromatic amines is 1. The smallest absolute Gasteiger partial charge is 0.320 e. The van der Waals surface area contributed by atoms with E-state index in [2.05, 4.69) is 9.97 Å². The SMILES string of the molecule is [15NH2][13CH]([13CH2][13c]1[13cH][15n][13cH][15nH]1)[13C](=O)O. The average molecular weight is 164 g/mol. The molecule has 0 aromatic carbocycles. The molecule has 0 spiro atoms. The Labute approximate surface area is 63.3 Å². The summed E-state index contributed by atoms with van der Waals surface area (Å²) in [7, 11) is 0. The van der Waals surface area contributed by atoms with Crippen molar-refractivity contribution in [2.45, 2.75) is 12.5 Å². The van der Waals surface area contributed by atoms with Crippen LogP contribution in [0.2, 0.25) is 0 Å². The van der Waals surface area contributed by atoms with Crippen molar-refractivity contribution in [1.82, 2.24) is 9.97 Å². The highest BCUT2D eigenvalue weighted by atomic mass is 16.5. The van der Waals surface area contributed by atoms with Crippen LogP contribution in [0.3, 0.4) is 0 Å². The molecule has 0 aliphatic carbocycles. The first kappa shape index (κ1) is 7.74. The minimum atomic E-state index is -1.00. The number of carboxylic acids is 1. The van der Waals surface area contributed by atoms with E-state index >= 15 is 0 Å². The quantitative estimate of drug-likeness (QED) is 0.409. The maximum atomic E-state index is 10.3. The molecule has 1 rings (SSSR count). The van der Waals surface area contributed by atoms with Gasteiger partial charge >= 0.3 is 5.97 Å². The molecular formula is C6H9N3O2. The first-order valence-corrected chi connectivity index (χ1v) is 3.16. The van der Waals surface area contributed by atoms with Crippen molar-refractivity contribution in [3.63, 3.8) is 0 Å². The summed E-state index contributed by atoms with van der Waals surface area (Å²) in [4.78, 5) is 16.8. The van der Waals surface area contributed by atoms with Gasteiger partial charge in [0.15, 0.2) is 0 Å². The third kappa shape index (κ3) is 2.05. The van der Waals surface area contributed by atoms with Crippen LogP contribution < -0.4 is 5.73 Å². The lowest BCUT2D eigenvalue weighted by molar-refractivity contribution is -0.138. The van der Waals surface area contributed by atoms with Gasteiger partial charge in [-0.2, -0.15) is 0 Å². The fraction of sp³-hybridized carbons (Fsp3) is 0.333. The van der Waals surface area contributed by atoms with E-state index in [9.17, 15) is 4.79 Å². The van der Waals surface area contributed by atoms with Crippen molar-refractivity contribution in [1.29, 1.82) is 0 Å². The molecule has 0 radical (unpaired) electrons. The normalized spacial score (nSPS) is 12.8. The van der Waals surface area contributed by atoms with E-state index in [4.69, 9.17) is 10.8 Å². The Balaban J connectivity index is 2.50. The van der Waals surface area contributed by atoms with E-state index in [1.54, 1.807) is 6.20 Å². The van der Waals surface area contributed by atoms with Crippen molar-refractivity contribution in [2.75, 3.05) is 0 Å². The summed E-state index contributed by atoms with van der Waals surface area (Å²) in [5.74, 6) is -1.00. The molecule has 11 heavy (non-hydrogen) atoms. The number of aromatic nitrogens is 2. The van der Waals surface area contributed by atoms with Crippen molar-refractivity contribution < 1.29 is 9.90 Å². The molecule has 1 heterocycles. The summed E-state index contributed by atoms with van der Waals surface area (Å²) < 4.78 is 0. The maximum absolute atomic E-state index is 10.3. The molecule has 0 bridgehead atoms. The van der Waals surface area contributed by atoms with Crippen LogP contribution >= 0.6 is 0 Å². The lowest BCUT2D eigenvalue weighted by atomic mass is 11.2. The second-order valence-corrected chi connectivity index (χ2v) is 2.23. The molecule has 0 aliphatic rings. The minimum absolute atomic E-state index is 0.287. The van der Waals surface area contributed by atoms with E-state index in [0.717, 1.165) is 5.69 Å². The Kier molecular flexibility index (Phi) is 2.22. The van der Waals surface area contributed by atoms with Crippen LogP contribution in [0.15, 0.2) is 12.5 Å². The molecule has 5 heteroatoms. The van der Waals surface area contributed by atoms with Crippen molar-refractivity contribution >= 4 is 5.97 Å². The highest BCUT2D eigenvalue weighted by molar-refractivity contribution is 5.73. The van der Waals surface area contributed by atoms with Gasteiger partial charge in [0.25, 0.3) is 0 Å². The summed E-state index contributed by atoms with van der Waals surface area (Å²) in [5.41, 5.74) is 6.00. The molecule has 1 unspecified atom stereocenters. The van der Waals surface area contributed by atoms with Crippen LogP contribution in [-0.2, 0) is 11.2 Å². The third-order valence-corrected chi connectivity index (χ3v) is 1.31. The molecular weight excluding hydrogens is 155 g/mol. The number of H-pyrrole nitrogens is 1. The van der Waals surface area contributed by atoms with E-state index in [1.807, 2.05) is 0 Å². The lowest BCUT2D eigenvalue weighted by Crippen LogP contribution is -2.32. The Bertz CT molecular complexity index is 232. The standard InChI is InChI=1S/C6H9N3O2/c7-5(6(10)11)1-4-2-8-3-9-4/h2-3,5H,1,7H2,(H,8,9)(H,10,11)/i1+1,2+1,3+1,4+1,5+1,6+1,7+1,8+1,9+1. The van der Waals surface area contributed by atoms with Gasteiger partial charge in [-0.3, -0.25) is 4.79 Å². The highest BCUT2D eigenvalue weighted by Crippen LogP contribution is 1.95. The van der Waals surface area contributed by atoms with E-state index in [-0.39, 0.29) is 6.42 Å². The van der Waals surface area contributed by atoms with Gasteiger partial charge in [0.1, 0.15) is 6.04 Å². The average Bonchev–Trinajstić information content (AvgIpc) is 2.39. The Morgan fingerprint density at radius 2 is 2.64 bits per heavy atom. The van der Waals surface area contributed by atoms with E-state index in [0.29, 0.717) is 0 Å². The van der Waals surface area contributed by atoms with Gasteiger partial charge in [0.2, 0.25) is 0 Å². The predicted molar refractivity (Wildman–Crippen MR) is 37.9 cm³/mol. The van der Waals surface area contributed by atoms with Gasteiger partial charge in [-0.1, -0.05) is 0 Å². The molecule has 0 aliphatic heterocycles. The van der Waals surface area contributed by atoms with Gasteiger partial charge in [-0.15, -0.1) is 0 Å². The fourth-order valence-corrected chi connectivity index (χ4v) is 0.721. The lowest BCUT2D eigenvalue weighted by Gasteiger charge is -2.02. The number of rotatable bonds is 3. The molecule has 1 aromatic rings. The predicted octanol–water partition coefficient (Wildman–Crippen LogP) is -0.636. The molecule has 0 amide bonds. The number of nitrogens with zero attached hydrogens (tertiary/aromatic N) is 1.